The van der Waals surface area contributed by atoms with Gasteiger partial charge in [0.15, 0.2) is 5.82 Å². The van der Waals surface area contributed by atoms with Gasteiger partial charge in [0.1, 0.15) is 11.6 Å². The lowest BCUT2D eigenvalue weighted by molar-refractivity contribution is 0.210. The van der Waals surface area contributed by atoms with E-state index in [0.29, 0.717) is 24.6 Å². The molecular weight excluding hydrogens is 436 g/mol. The minimum Gasteiger partial charge on any atom is -0.338 e. The molecule has 0 aliphatic heterocycles. The highest BCUT2D eigenvalue weighted by molar-refractivity contribution is 7.89. The van der Waals surface area contributed by atoms with Crippen LogP contribution in [0.15, 0.2) is 51.9 Å². The normalized spacial score (nSPS) is 23.5. The van der Waals surface area contributed by atoms with Crippen molar-refractivity contribution in [3.05, 3.63) is 76.9 Å². The summed E-state index contributed by atoms with van der Waals surface area (Å²) in [5, 5.41) is 9.40. The third kappa shape index (κ3) is 3.17. The Hall–Kier alpha value is -2.65. The zero-order chi connectivity index (χ0) is 22.9. The number of nitrogens with two attached hydrogens (primary N) is 1. The van der Waals surface area contributed by atoms with E-state index in [2.05, 4.69) is 24.0 Å². The Morgan fingerprint density at radius 1 is 1.06 bits per heavy atom. The van der Waals surface area contributed by atoms with Gasteiger partial charge in [-0.25, -0.2) is 22.3 Å². The van der Waals surface area contributed by atoms with Gasteiger partial charge >= 0.3 is 0 Å². The van der Waals surface area contributed by atoms with Gasteiger partial charge in [-0.2, -0.15) is 4.98 Å². The molecule has 2 aromatic carbocycles. The van der Waals surface area contributed by atoms with Crippen LogP contribution in [0, 0.1) is 17.0 Å². The van der Waals surface area contributed by atoms with Crippen LogP contribution in [0.4, 0.5) is 8.78 Å². The van der Waals surface area contributed by atoms with Gasteiger partial charge in [0.2, 0.25) is 15.9 Å². The second kappa shape index (κ2) is 6.92. The van der Waals surface area contributed by atoms with Crippen LogP contribution in [-0.2, 0) is 15.4 Å². The maximum absolute atomic E-state index is 14.6. The van der Waals surface area contributed by atoms with Crippen LogP contribution >= 0.6 is 0 Å². The zero-order valence-corrected chi connectivity index (χ0v) is 18.5. The quantitative estimate of drug-likeness (QED) is 0.611. The van der Waals surface area contributed by atoms with Crippen LogP contribution in [0.25, 0.3) is 0 Å². The first-order valence-corrected chi connectivity index (χ1v) is 12.0. The molecule has 2 aliphatic carbocycles. The van der Waals surface area contributed by atoms with Crippen LogP contribution in [0.1, 0.15) is 67.8 Å². The highest BCUT2D eigenvalue weighted by Gasteiger charge is 2.61. The number of halogens is 2. The number of rotatable bonds is 5. The molecule has 6 nitrogen and oxygen atoms in total. The summed E-state index contributed by atoms with van der Waals surface area (Å²) in [6.07, 6.45) is 2.09. The third-order valence-electron chi connectivity index (χ3n) is 7.18. The number of hydrogen-bond acceptors (Lipinski definition) is 5. The van der Waals surface area contributed by atoms with Gasteiger partial charge in [-0.3, -0.25) is 0 Å². The maximum Gasteiger partial charge on any atom is 0.238 e. The highest BCUT2D eigenvalue weighted by Crippen LogP contribution is 2.69. The van der Waals surface area contributed by atoms with Crippen molar-refractivity contribution in [1.82, 2.24) is 10.1 Å². The van der Waals surface area contributed by atoms with Crippen LogP contribution in [0.2, 0.25) is 0 Å². The number of nitrogens with zero attached hydrogens (tertiary/aromatic N) is 2. The molecule has 0 spiro atoms. The Morgan fingerprint density at radius 2 is 1.75 bits per heavy atom. The zero-order valence-electron chi connectivity index (χ0n) is 17.7. The van der Waals surface area contributed by atoms with Crippen LogP contribution in [-0.4, -0.2) is 18.6 Å². The van der Waals surface area contributed by atoms with Crippen molar-refractivity contribution in [1.29, 1.82) is 0 Å². The first kappa shape index (κ1) is 21.2. The lowest BCUT2D eigenvalue weighted by Gasteiger charge is -2.39. The lowest BCUT2D eigenvalue weighted by atomic mass is 9.64. The summed E-state index contributed by atoms with van der Waals surface area (Å²) in [6, 6.07) is 9.94. The van der Waals surface area contributed by atoms with Crippen molar-refractivity contribution in [2.45, 2.75) is 55.3 Å². The molecule has 1 heterocycles. The second-order valence-electron chi connectivity index (χ2n) is 9.41. The van der Waals surface area contributed by atoms with Crippen molar-refractivity contribution < 1.29 is 21.7 Å². The monoisotopic (exact) mass is 459 g/mol. The predicted molar refractivity (Wildman–Crippen MR) is 112 cm³/mol. The van der Waals surface area contributed by atoms with Crippen molar-refractivity contribution in [3.63, 3.8) is 0 Å². The number of sulfonamides is 1. The molecule has 0 amide bonds. The van der Waals surface area contributed by atoms with Crippen LogP contribution < -0.4 is 5.14 Å². The van der Waals surface area contributed by atoms with E-state index in [1.165, 1.54) is 18.2 Å². The van der Waals surface area contributed by atoms with Crippen molar-refractivity contribution >= 4 is 10.0 Å². The number of aromatic nitrogens is 2. The second-order valence-corrected chi connectivity index (χ2v) is 11.0. The minimum atomic E-state index is -3.76. The number of benzene rings is 2. The molecule has 0 saturated heterocycles. The number of primary sulfonamides is 1. The average molecular weight is 460 g/mol. The van der Waals surface area contributed by atoms with Crippen molar-refractivity contribution in [2.75, 3.05) is 0 Å². The fourth-order valence-corrected chi connectivity index (χ4v) is 5.67. The SMILES string of the molecule is CC1(C)[C@@H](c2ccc(S(N)(=O)=O)cc2)[C@@H]1c1noc(C2(c3cc(F)ccc3F)CCC2)n1. The van der Waals surface area contributed by atoms with Crippen LogP contribution in [0.3, 0.4) is 0 Å². The first-order chi connectivity index (χ1) is 15.0. The molecule has 2 N–H and O–H groups in total. The smallest absolute Gasteiger partial charge is 0.238 e. The molecule has 0 bridgehead atoms. The molecule has 0 radical (unpaired) electrons. The maximum atomic E-state index is 14.6. The first-order valence-electron chi connectivity index (χ1n) is 10.5. The standard InChI is InChI=1S/C23H23F2N3O3S/c1-22(2)18(13-4-7-15(8-5-13)32(26,29)30)19(22)20-27-21(31-28-20)23(10-3-11-23)16-12-14(24)6-9-17(16)25/h4-9,12,18-19H,3,10-11H2,1-2H3,(H2,26,29,30)/t18-,19+/m0/s1. The Kier molecular flexibility index (Phi) is 4.59. The van der Waals surface area contributed by atoms with Gasteiger partial charge < -0.3 is 4.52 Å². The minimum absolute atomic E-state index is 0.0465. The van der Waals surface area contributed by atoms with E-state index in [1.807, 2.05) is 0 Å². The van der Waals surface area contributed by atoms with Gasteiger partial charge in [0, 0.05) is 17.4 Å². The van der Waals surface area contributed by atoms with E-state index in [-0.39, 0.29) is 27.7 Å². The van der Waals surface area contributed by atoms with Crippen molar-refractivity contribution in [3.8, 4) is 0 Å². The van der Waals surface area contributed by atoms with Gasteiger partial charge in [-0.1, -0.05) is 37.6 Å². The molecule has 3 aromatic rings. The summed E-state index contributed by atoms with van der Waals surface area (Å²) >= 11 is 0. The van der Waals surface area contributed by atoms with Gasteiger partial charge in [0.25, 0.3) is 0 Å². The average Bonchev–Trinajstić information content (AvgIpc) is 3.02. The van der Waals surface area contributed by atoms with E-state index in [4.69, 9.17) is 9.66 Å². The van der Waals surface area contributed by atoms with Gasteiger partial charge in [-0.15, -0.1) is 0 Å². The summed E-state index contributed by atoms with van der Waals surface area (Å²) in [4.78, 5) is 4.72. The Bertz CT molecular complexity index is 1300. The Balaban J connectivity index is 1.46. The van der Waals surface area contributed by atoms with E-state index in [0.717, 1.165) is 24.1 Å². The van der Waals surface area contributed by atoms with Gasteiger partial charge in [0.05, 0.1) is 10.3 Å². The van der Waals surface area contributed by atoms with E-state index in [9.17, 15) is 17.2 Å². The fraction of sp³-hybridized carbons (Fsp3) is 0.391. The van der Waals surface area contributed by atoms with E-state index < -0.39 is 27.1 Å². The predicted octanol–water partition coefficient (Wildman–Crippen LogP) is 4.37. The fourth-order valence-electron chi connectivity index (χ4n) is 5.16. The summed E-state index contributed by atoms with van der Waals surface area (Å²) in [5.74, 6) is -0.132. The Morgan fingerprint density at radius 3 is 2.34 bits per heavy atom. The molecule has 2 fully saturated rings. The molecular formula is C23H23F2N3O3S. The molecule has 9 heteroatoms. The third-order valence-corrected chi connectivity index (χ3v) is 8.10. The molecule has 2 saturated carbocycles. The van der Waals surface area contributed by atoms with Crippen LogP contribution in [0.5, 0.6) is 0 Å². The summed E-state index contributed by atoms with van der Waals surface area (Å²) in [7, 11) is -3.76. The summed E-state index contributed by atoms with van der Waals surface area (Å²) in [5.41, 5.74) is 0.224. The summed E-state index contributed by atoms with van der Waals surface area (Å²) < 4.78 is 57.1. The van der Waals surface area contributed by atoms with Crippen molar-refractivity contribution in [2.24, 2.45) is 10.6 Å². The highest BCUT2D eigenvalue weighted by atomic mass is 32.2. The molecule has 2 atom stereocenters. The molecule has 5 rings (SSSR count). The largest absolute Gasteiger partial charge is 0.338 e. The van der Waals surface area contributed by atoms with E-state index in [1.54, 1.807) is 12.1 Å². The topological polar surface area (TPSA) is 99.1 Å². The molecule has 168 valence electrons. The van der Waals surface area contributed by atoms with Gasteiger partial charge in [-0.05, 0) is 54.2 Å². The molecule has 32 heavy (non-hydrogen) atoms. The summed E-state index contributed by atoms with van der Waals surface area (Å²) in [6.45, 7) is 4.16. The molecule has 2 aliphatic rings. The molecule has 0 unspecified atom stereocenters. The molecule has 1 aromatic heterocycles. The number of hydrogen-bond donors (Lipinski definition) is 1. The lowest BCUT2D eigenvalue weighted by Crippen LogP contribution is -2.37. The van der Waals surface area contributed by atoms with E-state index >= 15 is 0 Å². The Labute approximate surface area is 184 Å².